The van der Waals surface area contributed by atoms with Crippen molar-refractivity contribution in [3.05, 3.63) is 30.0 Å². The molecule has 6 nitrogen and oxygen atoms in total. The molecule has 88 valence electrons. The number of amides is 2. The fraction of sp³-hybridized carbons (Fsp3) is 0.0909. The van der Waals surface area contributed by atoms with Crippen LogP contribution in [0.25, 0.3) is 11.0 Å². The van der Waals surface area contributed by atoms with Gasteiger partial charge in [-0.05, 0) is 24.3 Å². The molecule has 0 fully saturated rings. The molecule has 2 aromatic rings. The lowest BCUT2D eigenvalue weighted by molar-refractivity contribution is -0.114. The van der Waals surface area contributed by atoms with E-state index in [1.165, 1.54) is 6.92 Å². The van der Waals surface area contributed by atoms with Gasteiger partial charge in [-0.2, -0.15) is 0 Å². The van der Waals surface area contributed by atoms with Gasteiger partial charge >= 0.3 is 5.91 Å². The van der Waals surface area contributed by atoms with Gasteiger partial charge in [0.25, 0.3) is 0 Å². The van der Waals surface area contributed by atoms with Crippen molar-refractivity contribution in [2.24, 2.45) is 5.84 Å². The molecular formula is C11H11N3O3. The van der Waals surface area contributed by atoms with Crippen molar-refractivity contribution >= 4 is 28.5 Å². The zero-order valence-electron chi connectivity index (χ0n) is 9.11. The lowest BCUT2D eigenvalue weighted by atomic mass is 10.2. The molecule has 0 aliphatic rings. The number of benzene rings is 1. The second-order valence-electron chi connectivity index (χ2n) is 3.52. The number of furan rings is 1. The van der Waals surface area contributed by atoms with Crippen LogP contribution < -0.4 is 16.6 Å². The van der Waals surface area contributed by atoms with Gasteiger partial charge in [0.1, 0.15) is 5.58 Å². The standard InChI is InChI=1S/C11H11N3O3/c1-6(15)13-8-2-3-9-7(4-8)5-10(17-9)11(16)14-12/h2-5H,12H2,1H3,(H,13,15)(H,14,16). The Bertz CT molecular complexity index is 589. The summed E-state index contributed by atoms with van der Waals surface area (Å²) >= 11 is 0. The Kier molecular flexibility index (Phi) is 2.80. The van der Waals surface area contributed by atoms with E-state index in [0.717, 1.165) is 5.39 Å². The Morgan fingerprint density at radius 3 is 2.71 bits per heavy atom. The first-order valence-electron chi connectivity index (χ1n) is 4.92. The normalized spacial score (nSPS) is 10.2. The van der Waals surface area contributed by atoms with Gasteiger partial charge in [-0.1, -0.05) is 0 Å². The van der Waals surface area contributed by atoms with Gasteiger partial charge in [-0.3, -0.25) is 15.0 Å². The lowest BCUT2D eigenvalue weighted by Gasteiger charge is -2.00. The van der Waals surface area contributed by atoms with Crippen molar-refractivity contribution in [1.29, 1.82) is 0 Å². The first kappa shape index (κ1) is 11.2. The maximum Gasteiger partial charge on any atom is 0.300 e. The number of hydrogen-bond acceptors (Lipinski definition) is 4. The van der Waals surface area contributed by atoms with Crippen LogP contribution in [-0.2, 0) is 4.79 Å². The van der Waals surface area contributed by atoms with Gasteiger partial charge in [-0.15, -0.1) is 0 Å². The summed E-state index contributed by atoms with van der Waals surface area (Å²) < 4.78 is 5.28. The summed E-state index contributed by atoms with van der Waals surface area (Å²) in [5.41, 5.74) is 3.18. The van der Waals surface area contributed by atoms with Crippen molar-refractivity contribution < 1.29 is 14.0 Å². The Labute approximate surface area is 96.7 Å². The second-order valence-corrected chi connectivity index (χ2v) is 3.52. The third kappa shape index (κ3) is 2.26. The largest absolute Gasteiger partial charge is 0.451 e. The molecule has 1 aromatic carbocycles. The highest BCUT2D eigenvalue weighted by Crippen LogP contribution is 2.23. The van der Waals surface area contributed by atoms with E-state index in [1.54, 1.807) is 24.3 Å². The van der Waals surface area contributed by atoms with Crippen LogP contribution in [-0.4, -0.2) is 11.8 Å². The molecule has 0 saturated carbocycles. The first-order valence-corrected chi connectivity index (χ1v) is 4.92. The molecule has 0 aliphatic carbocycles. The molecule has 0 spiro atoms. The molecule has 2 rings (SSSR count). The summed E-state index contributed by atoms with van der Waals surface area (Å²) in [6.07, 6.45) is 0. The first-order chi connectivity index (χ1) is 8.10. The van der Waals surface area contributed by atoms with Crippen LogP contribution in [0.4, 0.5) is 5.69 Å². The molecule has 0 saturated heterocycles. The SMILES string of the molecule is CC(=O)Nc1ccc2oc(C(=O)NN)cc2c1. The van der Waals surface area contributed by atoms with E-state index < -0.39 is 5.91 Å². The summed E-state index contributed by atoms with van der Waals surface area (Å²) in [5, 5.41) is 3.36. The van der Waals surface area contributed by atoms with Crippen molar-refractivity contribution in [2.45, 2.75) is 6.92 Å². The molecule has 1 heterocycles. The van der Waals surface area contributed by atoms with E-state index in [0.29, 0.717) is 11.3 Å². The van der Waals surface area contributed by atoms with Crippen LogP contribution in [0, 0.1) is 0 Å². The summed E-state index contributed by atoms with van der Waals surface area (Å²) in [7, 11) is 0. The Hall–Kier alpha value is -2.34. The molecule has 2 amide bonds. The molecule has 0 radical (unpaired) electrons. The minimum absolute atomic E-state index is 0.127. The van der Waals surface area contributed by atoms with E-state index in [9.17, 15) is 9.59 Å². The summed E-state index contributed by atoms with van der Waals surface area (Å²) in [4.78, 5) is 22.1. The number of carbonyl (C=O) groups excluding carboxylic acids is 2. The molecule has 17 heavy (non-hydrogen) atoms. The highest BCUT2D eigenvalue weighted by molar-refractivity contribution is 5.97. The van der Waals surface area contributed by atoms with E-state index >= 15 is 0 Å². The number of hydrogen-bond donors (Lipinski definition) is 3. The van der Waals surface area contributed by atoms with Gasteiger partial charge in [0, 0.05) is 18.0 Å². The maximum atomic E-state index is 11.2. The molecule has 0 unspecified atom stereocenters. The minimum Gasteiger partial charge on any atom is -0.451 e. The summed E-state index contributed by atoms with van der Waals surface area (Å²) in [6, 6.07) is 6.64. The smallest absolute Gasteiger partial charge is 0.300 e. The molecule has 0 atom stereocenters. The van der Waals surface area contributed by atoms with Crippen LogP contribution in [0.5, 0.6) is 0 Å². The predicted octanol–water partition coefficient (Wildman–Crippen LogP) is 0.995. The fourth-order valence-corrected chi connectivity index (χ4v) is 1.51. The van der Waals surface area contributed by atoms with Crippen LogP contribution >= 0.6 is 0 Å². The third-order valence-corrected chi connectivity index (χ3v) is 2.19. The number of carbonyl (C=O) groups is 2. The molecular weight excluding hydrogens is 222 g/mol. The predicted molar refractivity (Wildman–Crippen MR) is 62.2 cm³/mol. The van der Waals surface area contributed by atoms with Crippen LogP contribution in [0.3, 0.4) is 0 Å². The number of nitrogens with two attached hydrogens (primary N) is 1. The Morgan fingerprint density at radius 2 is 2.06 bits per heavy atom. The quantitative estimate of drug-likeness (QED) is 0.409. The van der Waals surface area contributed by atoms with Crippen molar-refractivity contribution in [2.75, 3.05) is 5.32 Å². The van der Waals surface area contributed by atoms with E-state index in [4.69, 9.17) is 10.3 Å². The number of nitrogen functional groups attached to an aromatic ring is 1. The molecule has 0 aliphatic heterocycles. The molecule has 1 aromatic heterocycles. The number of fused-ring (bicyclic) bond motifs is 1. The third-order valence-electron chi connectivity index (χ3n) is 2.19. The Morgan fingerprint density at radius 1 is 1.29 bits per heavy atom. The van der Waals surface area contributed by atoms with Crippen LogP contribution in [0.2, 0.25) is 0 Å². The molecule has 0 bridgehead atoms. The van der Waals surface area contributed by atoms with Crippen molar-refractivity contribution in [3.63, 3.8) is 0 Å². The zero-order chi connectivity index (χ0) is 12.4. The monoisotopic (exact) mass is 233 g/mol. The molecule has 4 N–H and O–H groups in total. The Balaban J connectivity index is 2.40. The van der Waals surface area contributed by atoms with Crippen molar-refractivity contribution in [1.82, 2.24) is 5.43 Å². The van der Waals surface area contributed by atoms with Gasteiger partial charge in [-0.25, -0.2) is 5.84 Å². The average molecular weight is 233 g/mol. The minimum atomic E-state index is -0.498. The molecule has 6 heteroatoms. The summed E-state index contributed by atoms with van der Waals surface area (Å²) in [5.74, 6) is 4.48. The van der Waals surface area contributed by atoms with E-state index in [1.807, 2.05) is 5.43 Å². The fourth-order valence-electron chi connectivity index (χ4n) is 1.51. The number of rotatable bonds is 2. The zero-order valence-corrected chi connectivity index (χ0v) is 9.11. The van der Waals surface area contributed by atoms with Crippen molar-refractivity contribution in [3.8, 4) is 0 Å². The van der Waals surface area contributed by atoms with Gasteiger partial charge in [0.15, 0.2) is 5.76 Å². The number of anilines is 1. The van der Waals surface area contributed by atoms with E-state index in [2.05, 4.69) is 5.32 Å². The van der Waals surface area contributed by atoms with Crippen LogP contribution in [0.15, 0.2) is 28.7 Å². The maximum absolute atomic E-state index is 11.2. The highest BCUT2D eigenvalue weighted by atomic mass is 16.3. The van der Waals surface area contributed by atoms with Gasteiger partial charge in [0.05, 0.1) is 0 Å². The lowest BCUT2D eigenvalue weighted by Crippen LogP contribution is -2.29. The number of hydrazine groups is 1. The highest BCUT2D eigenvalue weighted by Gasteiger charge is 2.11. The average Bonchev–Trinajstić information content (AvgIpc) is 2.70. The van der Waals surface area contributed by atoms with Crippen LogP contribution in [0.1, 0.15) is 17.5 Å². The number of nitrogens with one attached hydrogen (secondary N) is 2. The van der Waals surface area contributed by atoms with E-state index in [-0.39, 0.29) is 11.7 Å². The van der Waals surface area contributed by atoms with Gasteiger partial charge < -0.3 is 9.73 Å². The van der Waals surface area contributed by atoms with Gasteiger partial charge in [0.2, 0.25) is 5.91 Å². The summed E-state index contributed by atoms with van der Waals surface area (Å²) in [6.45, 7) is 1.42. The second kappa shape index (κ2) is 4.26. The topological polar surface area (TPSA) is 97.4 Å².